The zero-order valence-electron chi connectivity index (χ0n) is 5.95. The number of rotatable bonds is 1. The first-order valence-electron chi connectivity index (χ1n) is 3.42. The van der Waals surface area contributed by atoms with Crippen molar-refractivity contribution in [1.29, 1.82) is 0 Å². The van der Waals surface area contributed by atoms with E-state index in [9.17, 15) is 4.79 Å². The maximum Gasteiger partial charge on any atom is 0.351 e. The maximum atomic E-state index is 10.5. The van der Waals surface area contributed by atoms with Crippen molar-refractivity contribution in [3.63, 3.8) is 0 Å². The van der Waals surface area contributed by atoms with Crippen LogP contribution in [0.3, 0.4) is 0 Å². The molecule has 4 nitrogen and oxygen atoms in total. The fraction of sp³-hybridized carbons (Fsp3) is 0.286. The molecule has 0 aromatic rings. The third-order valence-electron chi connectivity index (χ3n) is 1.80. The number of hydrogen-bond donors (Lipinski definition) is 2. The molecular weight excluding hydrogens is 226 g/mol. The highest BCUT2D eigenvalue weighted by Gasteiger charge is 2.34. The highest BCUT2D eigenvalue weighted by Crippen LogP contribution is 2.27. The first kappa shape index (κ1) is 7.67. The molecule has 0 bridgehead atoms. The van der Waals surface area contributed by atoms with Crippen LogP contribution in [0.15, 0.2) is 22.5 Å². The fourth-order valence-corrected chi connectivity index (χ4v) is 1.77. The van der Waals surface area contributed by atoms with Crippen LogP contribution in [0.2, 0.25) is 0 Å². The van der Waals surface area contributed by atoms with Crippen molar-refractivity contribution >= 4 is 21.9 Å². The van der Waals surface area contributed by atoms with Crippen LogP contribution in [0.1, 0.15) is 0 Å². The summed E-state index contributed by atoms with van der Waals surface area (Å²) >= 11 is 3.17. The Morgan fingerprint density at radius 2 is 2.42 bits per heavy atom. The monoisotopic (exact) mass is 231 g/mol. The van der Waals surface area contributed by atoms with Crippen LogP contribution in [0.25, 0.3) is 0 Å². The van der Waals surface area contributed by atoms with Gasteiger partial charge in [0.1, 0.15) is 11.8 Å². The number of hydrogen-bond acceptors (Lipinski definition) is 3. The van der Waals surface area contributed by atoms with Crippen LogP contribution in [-0.4, -0.2) is 23.2 Å². The molecule has 2 heterocycles. The number of fused-ring (bicyclic) bond motifs is 1. The molecule has 0 unspecified atom stereocenters. The molecule has 0 saturated carbocycles. The van der Waals surface area contributed by atoms with Gasteiger partial charge in [0.05, 0.1) is 6.04 Å². The Kier molecular flexibility index (Phi) is 1.61. The van der Waals surface area contributed by atoms with E-state index in [4.69, 9.17) is 9.84 Å². The highest BCUT2D eigenvalue weighted by atomic mass is 79.9. The van der Waals surface area contributed by atoms with Gasteiger partial charge in [-0.3, -0.25) is 0 Å². The molecule has 0 aromatic carbocycles. The normalized spacial score (nSPS) is 31.4. The smallest absolute Gasteiger partial charge is 0.351 e. The van der Waals surface area contributed by atoms with E-state index in [1.807, 2.05) is 0 Å². The topological polar surface area (TPSA) is 58.6 Å². The van der Waals surface area contributed by atoms with E-state index < -0.39 is 5.97 Å². The van der Waals surface area contributed by atoms with Gasteiger partial charge in [0.2, 0.25) is 0 Å². The largest absolute Gasteiger partial charge is 0.477 e. The predicted molar refractivity (Wildman–Crippen MR) is 44.5 cm³/mol. The van der Waals surface area contributed by atoms with Gasteiger partial charge in [-0.25, -0.2) is 4.79 Å². The van der Waals surface area contributed by atoms with E-state index in [0.717, 1.165) is 0 Å². The van der Waals surface area contributed by atoms with Gasteiger partial charge in [0.25, 0.3) is 0 Å². The summed E-state index contributed by atoms with van der Waals surface area (Å²) in [5.41, 5.74) is 0.209. The average molecular weight is 232 g/mol. The molecule has 5 heteroatoms. The molecule has 2 aliphatic heterocycles. The lowest BCUT2D eigenvalue weighted by molar-refractivity contribution is -0.133. The summed E-state index contributed by atoms with van der Waals surface area (Å²) in [4.78, 5) is 10.5. The summed E-state index contributed by atoms with van der Waals surface area (Å²) in [6.07, 6.45) is 3.19. The summed E-state index contributed by atoms with van der Waals surface area (Å²) in [7, 11) is 0. The molecule has 2 N–H and O–H groups in total. The third kappa shape index (κ3) is 1.10. The van der Waals surface area contributed by atoms with Crippen LogP contribution in [-0.2, 0) is 9.53 Å². The number of carboxylic acids is 1. The molecule has 0 spiro atoms. The van der Waals surface area contributed by atoms with Gasteiger partial charge < -0.3 is 15.2 Å². The Bertz CT molecular complexity index is 297. The van der Waals surface area contributed by atoms with Crippen LogP contribution in [0.5, 0.6) is 0 Å². The highest BCUT2D eigenvalue weighted by molar-refractivity contribution is 9.11. The first-order valence-corrected chi connectivity index (χ1v) is 4.22. The van der Waals surface area contributed by atoms with Gasteiger partial charge in [0, 0.05) is 0 Å². The number of halogens is 1. The van der Waals surface area contributed by atoms with Crippen LogP contribution < -0.4 is 5.32 Å². The zero-order valence-corrected chi connectivity index (χ0v) is 7.54. The van der Waals surface area contributed by atoms with Crippen molar-refractivity contribution < 1.29 is 14.6 Å². The molecule has 0 aliphatic carbocycles. The van der Waals surface area contributed by atoms with Gasteiger partial charge in [0.15, 0.2) is 4.67 Å². The molecule has 0 amide bonds. The first-order chi connectivity index (χ1) is 5.66. The van der Waals surface area contributed by atoms with Crippen molar-refractivity contribution in [1.82, 2.24) is 5.32 Å². The Morgan fingerprint density at radius 1 is 1.67 bits per heavy atom. The lowest BCUT2D eigenvalue weighted by Gasteiger charge is -2.07. The van der Waals surface area contributed by atoms with Gasteiger partial charge in [-0.1, -0.05) is 0 Å². The number of carbonyl (C=O) groups is 1. The number of aliphatic carboxylic acids is 1. The molecule has 2 atom stereocenters. The molecular formula is C7H6BrNO3. The SMILES string of the molecule is O=C(O)C1=C[C@@H]2OC(Br)=C[C@H]2N1. The number of ether oxygens (including phenoxy) is 1. The van der Waals surface area contributed by atoms with Crippen molar-refractivity contribution in [2.45, 2.75) is 12.1 Å². The quantitative estimate of drug-likeness (QED) is 0.693. The molecule has 64 valence electrons. The Hall–Kier alpha value is -0.970. The average Bonchev–Trinajstić information content (AvgIpc) is 2.42. The van der Waals surface area contributed by atoms with E-state index in [-0.39, 0.29) is 17.8 Å². The fourth-order valence-electron chi connectivity index (χ4n) is 1.27. The molecule has 12 heavy (non-hydrogen) atoms. The molecule has 0 fully saturated rings. The van der Waals surface area contributed by atoms with Crippen molar-refractivity contribution in [3.05, 3.63) is 22.5 Å². The minimum atomic E-state index is -0.947. The van der Waals surface area contributed by atoms with E-state index in [0.29, 0.717) is 4.67 Å². The number of carboxylic acid groups (broad SMARTS) is 1. The summed E-state index contributed by atoms with van der Waals surface area (Å²) in [6, 6.07) is -0.0366. The Labute approximate surface area is 77.0 Å². The van der Waals surface area contributed by atoms with Crippen LogP contribution >= 0.6 is 15.9 Å². The summed E-state index contributed by atoms with van der Waals surface area (Å²) < 4.78 is 5.90. The standard InChI is InChI=1S/C7H6BrNO3/c8-6-2-3-5(12-6)1-4(9-3)7(10)11/h1-3,5,9H,(H,10,11)/t3-,5+/m1/s1. The molecule has 0 radical (unpaired) electrons. The van der Waals surface area contributed by atoms with E-state index in [1.54, 1.807) is 12.2 Å². The Morgan fingerprint density at radius 3 is 3.00 bits per heavy atom. The van der Waals surface area contributed by atoms with Gasteiger partial charge in [-0.15, -0.1) is 0 Å². The second-order valence-electron chi connectivity index (χ2n) is 2.61. The second kappa shape index (κ2) is 2.52. The summed E-state index contributed by atoms with van der Waals surface area (Å²) in [6.45, 7) is 0. The minimum absolute atomic E-state index is 0.0366. The molecule has 2 aliphatic rings. The molecule has 0 aromatic heterocycles. The van der Waals surface area contributed by atoms with Gasteiger partial charge in [-0.05, 0) is 28.1 Å². The lowest BCUT2D eigenvalue weighted by atomic mass is 10.2. The zero-order chi connectivity index (χ0) is 8.72. The number of nitrogens with one attached hydrogen (secondary N) is 1. The Balaban J connectivity index is 2.14. The van der Waals surface area contributed by atoms with Crippen molar-refractivity contribution in [2.24, 2.45) is 0 Å². The predicted octanol–water partition coefficient (Wildman–Crippen LogP) is 0.562. The van der Waals surface area contributed by atoms with E-state index >= 15 is 0 Å². The van der Waals surface area contributed by atoms with Gasteiger partial charge >= 0.3 is 5.97 Å². The van der Waals surface area contributed by atoms with Gasteiger partial charge in [-0.2, -0.15) is 0 Å². The molecule has 0 saturated heterocycles. The van der Waals surface area contributed by atoms with E-state index in [2.05, 4.69) is 21.2 Å². The van der Waals surface area contributed by atoms with Crippen LogP contribution in [0, 0.1) is 0 Å². The second-order valence-corrected chi connectivity index (χ2v) is 3.39. The van der Waals surface area contributed by atoms with Crippen LogP contribution in [0.4, 0.5) is 0 Å². The third-order valence-corrected chi connectivity index (χ3v) is 2.25. The lowest BCUT2D eigenvalue weighted by Crippen LogP contribution is -2.28. The summed E-state index contributed by atoms with van der Waals surface area (Å²) in [5, 5.41) is 11.4. The van der Waals surface area contributed by atoms with Crippen molar-refractivity contribution in [3.8, 4) is 0 Å². The maximum absolute atomic E-state index is 10.5. The van der Waals surface area contributed by atoms with E-state index in [1.165, 1.54) is 0 Å². The minimum Gasteiger partial charge on any atom is -0.477 e. The molecule has 2 rings (SSSR count). The van der Waals surface area contributed by atoms with Crippen molar-refractivity contribution in [2.75, 3.05) is 0 Å². The summed E-state index contributed by atoms with van der Waals surface area (Å²) in [5.74, 6) is -0.947.